The Hall–Kier alpha value is -4.02. The van der Waals surface area contributed by atoms with E-state index < -0.39 is 21.8 Å². The summed E-state index contributed by atoms with van der Waals surface area (Å²) in [4.78, 5) is 18.2. The maximum Gasteiger partial charge on any atom is 0.370 e. The zero-order valence-corrected chi connectivity index (χ0v) is 32.9. The molecular formula is C36H46ClN7O4Si2. The molecule has 0 spiro atoms. The number of benzene rings is 3. The lowest BCUT2D eigenvalue weighted by Crippen LogP contribution is -2.27. The molecule has 6 rings (SSSR count). The van der Waals surface area contributed by atoms with Crippen LogP contribution in [0.5, 0.6) is 11.8 Å². The van der Waals surface area contributed by atoms with E-state index in [1.165, 1.54) is 9.36 Å². The molecule has 0 saturated heterocycles. The third kappa shape index (κ3) is 8.13. The van der Waals surface area contributed by atoms with E-state index in [1.807, 2.05) is 49.0 Å². The third-order valence-corrected chi connectivity index (χ3v) is 12.4. The summed E-state index contributed by atoms with van der Waals surface area (Å²) in [6.45, 7) is 17.2. The van der Waals surface area contributed by atoms with Gasteiger partial charge in [-0.25, -0.2) is 4.79 Å². The Morgan fingerprint density at radius 1 is 0.820 bits per heavy atom. The maximum absolute atomic E-state index is 13.3. The Bertz CT molecular complexity index is 2210. The van der Waals surface area contributed by atoms with E-state index in [0.717, 1.165) is 50.7 Å². The number of hydrogen-bond donors (Lipinski definition) is 0. The Balaban J connectivity index is 1.31. The summed E-state index contributed by atoms with van der Waals surface area (Å²) in [6.07, 6.45) is 2.05. The molecule has 0 aliphatic rings. The number of ether oxygens (including phenoxy) is 3. The first-order chi connectivity index (χ1) is 23.7. The fourth-order valence-electron chi connectivity index (χ4n) is 5.55. The average Bonchev–Trinajstić information content (AvgIpc) is 3.71. The van der Waals surface area contributed by atoms with Gasteiger partial charge in [-0.1, -0.05) is 63.0 Å². The standard InChI is InChI=1S/C36H46ClN7O4Si2/c1-25-9-11-28(20-33(25)44-36(45)43(39-40-44)24-47-16-18-50(6,7)8)48-35-38-31-21-29(26-10-12-32-27(19-26)13-14-41(32)2)30(37)22-34(31)42(35)23-46-15-17-49(3,4)5/h9-14,19-22H,15-18,23-24H2,1-8H3. The van der Waals surface area contributed by atoms with Gasteiger partial charge in [-0.3, -0.25) is 4.57 Å². The average molecular weight is 732 g/mol. The highest BCUT2D eigenvalue weighted by atomic mass is 35.5. The first-order valence-corrected chi connectivity index (χ1v) is 24.7. The highest BCUT2D eigenvalue weighted by Gasteiger charge is 2.20. The number of imidazole rings is 1. The van der Waals surface area contributed by atoms with Crippen LogP contribution in [0.15, 0.2) is 65.6 Å². The van der Waals surface area contributed by atoms with E-state index in [0.29, 0.717) is 35.7 Å². The van der Waals surface area contributed by atoms with Crippen LogP contribution in [0, 0.1) is 6.92 Å². The number of tetrazole rings is 1. The van der Waals surface area contributed by atoms with E-state index >= 15 is 0 Å². The summed E-state index contributed by atoms with van der Waals surface area (Å²) in [6, 6.07) is 20.2. The summed E-state index contributed by atoms with van der Waals surface area (Å²) < 4.78 is 24.9. The number of hydrogen-bond acceptors (Lipinski definition) is 7. The number of fused-ring (bicyclic) bond motifs is 2. The minimum Gasteiger partial charge on any atom is -0.425 e. The predicted octanol–water partition coefficient (Wildman–Crippen LogP) is 8.32. The van der Waals surface area contributed by atoms with Gasteiger partial charge in [-0.05, 0) is 77.0 Å². The molecule has 14 heteroatoms. The molecule has 3 aromatic carbocycles. The largest absolute Gasteiger partial charge is 0.425 e. The molecular weight excluding hydrogens is 686 g/mol. The Morgan fingerprint density at radius 3 is 2.26 bits per heavy atom. The Labute approximate surface area is 299 Å². The maximum atomic E-state index is 13.3. The number of nitrogens with zero attached hydrogens (tertiary/aromatic N) is 7. The van der Waals surface area contributed by atoms with E-state index in [1.54, 1.807) is 6.07 Å². The molecule has 264 valence electrons. The minimum absolute atomic E-state index is 0.0457. The first kappa shape index (κ1) is 35.8. The second-order valence-corrected chi connectivity index (χ2v) is 26.9. The van der Waals surface area contributed by atoms with Crippen LogP contribution in [-0.4, -0.2) is 63.3 Å². The van der Waals surface area contributed by atoms with Crippen LogP contribution in [0.3, 0.4) is 0 Å². The van der Waals surface area contributed by atoms with Gasteiger partial charge in [0.2, 0.25) is 0 Å². The SMILES string of the molecule is Cc1ccc(Oc2nc3cc(-c4ccc5c(ccn5C)c4)c(Cl)cc3n2COCC[Si](C)(C)C)cc1-n1nnn(COCC[Si](C)(C)C)c1=O. The van der Waals surface area contributed by atoms with Gasteiger partial charge in [0.1, 0.15) is 19.2 Å². The first-order valence-electron chi connectivity index (χ1n) is 16.9. The molecule has 3 heterocycles. The molecule has 0 saturated carbocycles. The van der Waals surface area contributed by atoms with Crippen LogP contribution in [0.4, 0.5) is 0 Å². The minimum atomic E-state index is -1.29. The number of aromatic nitrogens is 7. The Kier molecular flexibility index (Phi) is 10.2. The van der Waals surface area contributed by atoms with Gasteiger partial charge >= 0.3 is 11.7 Å². The van der Waals surface area contributed by atoms with Crippen molar-refractivity contribution in [1.82, 2.24) is 33.9 Å². The van der Waals surface area contributed by atoms with Crippen LogP contribution < -0.4 is 10.4 Å². The van der Waals surface area contributed by atoms with Crippen molar-refractivity contribution in [3.63, 3.8) is 0 Å². The van der Waals surface area contributed by atoms with Gasteiger partial charge < -0.3 is 18.8 Å². The van der Waals surface area contributed by atoms with Crippen molar-refractivity contribution < 1.29 is 14.2 Å². The molecule has 0 unspecified atom stereocenters. The number of aryl methyl sites for hydroxylation is 2. The summed E-state index contributed by atoms with van der Waals surface area (Å²) in [5.74, 6) is 0.484. The Morgan fingerprint density at radius 2 is 1.54 bits per heavy atom. The van der Waals surface area contributed by atoms with Crippen LogP contribution in [0.2, 0.25) is 56.4 Å². The van der Waals surface area contributed by atoms with Crippen molar-refractivity contribution in [1.29, 1.82) is 0 Å². The molecule has 0 radical (unpaired) electrons. The monoisotopic (exact) mass is 731 g/mol. The second kappa shape index (κ2) is 14.3. The van der Waals surface area contributed by atoms with Crippen LogP contribution >= 0.6 is 11.6 Å². The zero-order valence-electron chi connectivity index (χ0n) is 30.2. The molecule has 50 heavy (non-hydrogen) atoms. The quantitative estimate of drug-likeness (QED) is 0.0820. The topological polar surface area (TPSA) is 103 Å². The lowest BCUT2D eigenvalue weighted by atomic mass is 10.0. The van der Waals surface area contributed by atoms with Crippen molar-refractivity contribution >= 4 is 49.7 Å². The molecule has 0 atom stereocenters. The molecule has 0 N–H and O–H groups in total. The summed E-state index contributed by atoms with van der Waals surface area (Å²) in [7, 11) is -0.514. The van der Waals surface area contributed by atoms with Gasteiger partial charge in [-0.15, -0.1) is 0 Å². The molecule has 6 aromatic rings. The highest BCUT2D eigenvalue weighted by Crippen LogP contribution is 2.36. The molecule has 3 aromatic heterocycles. The van der Waals surface area contributed by atoms with E-state index in [9.17, 15) is 4.79 Å². The van der Waals surface area contributed by atoms with Crippen molar-refractivity contribution in [2.24, 2.45) is 7.05 Å². The van der Waals surface area contributed by atoms with Crippen LogP contribution in [0.1, 0.15) is 5.56 Å². The molecule has 0 aliphatic carbocycles. The summed E-state index contributed by atoms with van der Waals surface area (Å²) >= 11 is 6.96. The van der Waals surface area contributed by atoms with E-state index in [2.05, 4.69) is 78.5 Å². The summed E-state index contributed by atoms with van der Waals surface area (Å²) in [5.41, 5.74) is 5.54. The zero-order chi connectivity index (χ0) is 35.8. The van der Waals surface area contributed by atoms with Crippen LogP contribution in [-0.2, 0) is 30.0 Å². The van der Waals surface area contributed by atoms with Gasteiger partial charge in [0, 0.05) is 65.1 Å². The van der Waals surface area contributed by atoms with Crippen LogP contribution in [0.25, 0.3) is 38.8 Å². The van der Waals surface area contributed by atoms with Gasteiger partial charge in [0.05, 0.1) is 21.7 Å². The van der Waals surface area contributed by atoms with Crippen molar-refractivity contribution in [2.75, 3.05) is 13.2 Å². The van der Waals surface area contributed by atoms with Gasteiger partial charge in [0.25, 0.3) is 0 Å². The molecule has 0 fully saturated rings. The fraction of sp³-hybridized carbons (Fsp3) is 0.389. The molecule has 0 aliphatic heterocycles. The van der Waals surface area contributed by atoms with E-state index in [-0.39, 0.29) is 13.5 Å². The molecule has 11 nitrogen and oxygen atoms in total. The lowest BCUT2D eigenvalue weighted by molar-refractivity contribution is 0.0748. The van der Waals surface area contributed by atoms with Gasteiger partial charge in [-0.2, -0.15) is 14.3 Å². The molecule has 0 amide bonds. The van der Waals surface area contributed by atoms with Crippen molar-refractivity contribution in [3.8, 4) is 28.6 Å². The van der Waals surface area contributed by atoms with Crippen molar-refractivity contribution in [2.45, 2.75) is 71.8 Å². The molecule has 0 bridgehead atoms. The van der Waals surface area contributed by atoms with Crippen molar-refractivity contribution in [3.05, 3.63) is 81.9 Å². The highest BCUT2D eigenvalue weighted by molar-refractivity contribution is 6.76. The number of rotatable bonds is 14. The smallest absolute Gasteiger partial charge is 0.370 e. The lowest BCUT2D eigenvalue weighted by Gasteiger charge is -2.16. The van der Waals surface area contributed by atoms with Gasteiger partial charge in [0.15, 0.2) is 0 Å². The fourth-order valence-corrected chi connectivity index (χ4v) is 7.33. The van der Waals surface area contributed by atoms with E-state index in [4.69, 9.17) is 30.8 Å². The third-order valence-electron chi connectivity index (χ3n) is 8.68. The predicted molar refractivity (Wildman–Crippen MR) is 205 cm³/mol. The normalized spacial score (nSPS) is 12.4. The summed E-state index contributed by atoms with van der Waals surface area (Å²) in [5, 5.41) is 9.95. The second-order valence-electron chi connectivity index (χ2n) is 15.3. The number of halogens is 1.